The Morgan fingerprint density at radius 2 is 1.95 bits per heavy atom. The summed E-state index contributed by atoms with van der Waals surface area (Å²) < 4.78 is 28.5. The van der Waals surface area contributed by atoms with Gasteiger partial charge in [-0.3, -0.25) is 0 Å². The normalized spacial score (nSPS) is 15.4. The predicted octanol–water partition coefficient (Wildman–Crippen LogP) is 4.80. The van der Waals surface area contributed by atoms with Crippen LogP contribution in [0.2, 0.25) is 0 Å². The minimum Gasteiger partial charge on any atom is -0.312 e. The van der Waals surface area contributed by atoms with Gasteiger partial charge in [-0.2, -0.15) is 0 Å². The van der Waals surface area contributed by atoms with Gasteiger partial charge >= 0.3 is 0 Å². The number of halogens is 2. The Hall–Kier alpha value is -1.00. The van der Waals surface area contributed by atoms with E-state index in [1.165, 1.54) is 23.5 Å². The Morgan fingerprint density at radius 3 is 2.60 bits per heavy atom. The number of fused-ring (bicyclic) bond motifs is 1. The topological polar surface area (TPSA) is 12.0 Å². The number of rotatable bonds is 5. The Bertz CT molecular complexity index is 629. The first-order valence-electron chi connectivity index (χ1n) is 7.18. The maximum atomic E-state index is 14.1. The highest BCUT2D eigenvalue weighted by atomic mass is 32.1. The molecule has 1 aliphatic rings. The van der Waals surface area contributed by atoms with Crippen LogP contribution in [0.1, 0.15) is 43.0 Å². The van der Waals surface area contributed by atoms with E-state index in [2.05, 4.69) is 19.2 Å². The Morgan fingerprint density at radius 1 is 1.25 bits per heavy atom. The van der Waals surface area contributed by atoms with E-state index in [-0.39, 0.29) is 11.6 Å². The van der Waals surface area contributed by atoms with Gasteiger partial charge in [-0.25, -0.2) is 8.78 Å². The van der Waals surface area contributed by atoms with Crippen molar-refractivity contribution in [3.05, 3.63) is 34.2 Å². The first-order chi connectivity index (χ1) is 9.58. The molecule has 2 aromatic rings. The average Bonchev–Trinajstić information content (AvgIpc) is 3.15. The summed E-state index contributed by atoms with van der Waals surface area (Å²) in [4.78, 5) is 1.10. The monoisotopic (exact) mass is 295 g/mol. The molecule has 1 saturated carbocycles. The highest BCUT2D eigenvalue weighted by Crippen LogP contribution is 2.49. The van der Waals surface area contributed by atoms with Crippen molar-refractivity contribution < 1.29 is 8.78 Å². The summed E-state index contributed by atoms with van der Waals surface area (Å²) in [6.07, 6.45) is 2.19. The lowest BCUT2D eigenvalue weighted by molar-refractivity contribution is 0.553. The first-order valence-corrected chi connectivity index (χ1v) is 7.99. The predicted molar refractivity (Wildman–Crippen MR) is 80.3 cm³/mol. The van der Waals surface area contributed by atoms with Gasteiger partial charge in [0.05, 0.1) is 4.70 Å². The van der Waals surface area contributed by atoms with E-state index < -0.39 is 0 Å². The van der Waals surface area contributed by atoms with Crippen LogP contribution in [0.15, 0.2) is 12.1 Å². The van der Waals surface area contributed by atoms with Gasteiger partial charge in [-0.05, 0) is 48.9 Å². The summed E-state index contributed by atoms with van der Waals surface area (Å²) >= 11 is 1.41. The SMILES string of the molecule is CC(C)CNCc1sc2c(F)ccc(F)c2c1C1CC1. The molecule has 1 fully saturated rings. The second-order valence-electron chi connectivity index (χ2n) is 5.97. The standard InChI is InChI=1S/C16H19F2NS/c1-9(2)7-19-8-13-14(10-3-4-10)15-11(17)5-6-12(18)16(15)20-13/h5-6,9-10,19H,3-4,7-8H2,1-2H3. The zero-order valence-electron chi connectivity index (χ0n) is 11.8. The minimum absolute atomic E-state index is 0.283. The molecule has 1 aliphatic carbocycles. The van der Waals surface area contributed by atoms with Crippen molar-refractivity contribution in [1.82, 2.24) is 5.32 Å². The molecule has 3 rings (SSSR count). The van der Waals surface area contributed by atoms with E-state index in [0.29, 0.717) is 28.5 Å². The summed E-state index contributed by atoms with van der Waals surface area (Å²) in [5.41, 5.74) is 1.05. The smallest absolute Gasteiger partial charge is 0.141 e. The van der Waals surface area contributed by atoms with E-state index in [1.807, 2.05) is 0 Å². The minimum atomic E-state index is -0.302. The van der Waals surface area contributed by atoms with Crippen LogP contribution in [0.25, 0.3) is 10.1 Å². The lowest BCUT2D eigenvalue weighted by Crippen LogP contribution is -2.18. The van der Waals surface area contributed by atoms with Crippen LogP contribution in [0.5, 0.6) is 0 Å². The fourth-order valence-electron chi connectivity index (χ4n) is 2.61. The summed E-state index contributed by atoms with van der Waals surface area (Å²) in [7, 11) is 0. The van der Waals surface area contributed by atoms with Crippen molar-refractivity contribution >= 4 is 21.4 Å². The van der Waals surface area contributed by atoms with Crippen LogP contribution in [0.4, 0.5) is 8.78 Å². The third-order valence-corrected chi connectivity index (χ3v) is 4.89. The number of hydrogen-bond acceptors (Lipinski definition) is 2. The summed E-state index contributed by atoms with van der Waals surface area (Å²) in [5, 5.41) is 3.92. The number of thiophene rings is 1. The molecule has 0 unspecified atom stereocenters. The molecule has 1 heterocycles. The molecule has 1 aromatic heterocycles. The van der Waals surface area contributed by atoms with E-state index in [0.717, 1.165) is 29.8 Å². The van der Waals surface area contributed by atoms with Crippen molar-refractivity contribution in [1.29, 1.82) is 0 Å². The van der Waals surface area contributed by atoms with E-state index >= 15 is 0 Å². The second kappa shape index (κ2) is 5.41. The van der Waals surface area contributed by atoms with Gasteiger partial charge in [0.2, 0.25) is 0 Å². The second-order valence-corrected chi connectivity index (χ2v) is 7.08. The molecule has 0 atom stereocenters. The molecule has 0 amide bonds. The Balaban J connectivity index is 2.00. The quantitative estimate of drug-likeness (QED) is 0.835. The molecule has 4 heteroatoms. The van der Waals surface area contributed by atoms with Gasteiger partial charge in [0.25, 0.3) is 0 Å². The molecule has 1 nitrogen and oxygen atoms in total. The lowest BCUT2D eigenvalue weighted by Gasteiger charge is -2.08. The summed E-state index contributed by atoms with van der Waals surface area (Å²) in [6, 6.07) is 2.48. The zero-order chi connectivity index (χ0) is 14.3. The molecular weight excluding hydrogens is 276 g/mol. The molecule has 0 bridgehead atoms. The van der Waals surface area contributed by atoms with Crippen LogP contribution in [0, 0.1) is 17.6 Å². The average molecular weight is 295 g/mol. The molecule has 0 radical (unpaired) electrons. The maximum absolute atomic E-state index is 14.1. The zero-order valence-corrected chi connectivity index (χ0v) is 12.6. The van der Waals surface area contributed by atoms with Crippen molar-refractivity contribution in [3.63, 3.8) is 0 Å². The molecule has 108 valence electrons. The molecule has 0 saturated heterocycles. The largest absolute Gasteiger partial charge is 0.312 e. The maximum Gasteiger partial charge on any atom is 0.141 e. The highest BCUT2D eigenvalue weighted by Gasteiger charge is 2.31. The van der Waals surface area contributed by atoms with Crippen LogP contribution in [-0.2, 0) is 6.54 Å². The Kier molecular flexibility index (Phi) is 3.78. The van der Waals surface area contributed by atoms with Gasteiger partial charge in [0.15, 0.2) is 0 Å². The third kappa shape index (κ3) is 2.59. The van der Waals surface area contributed by atoms with Crippen molar-refractivity contribution in [2.24, 2.45) is 5.92 Å². The fourth-order valence-corrected chi connectivity index (χ4v) is 3.89. The van der Waals surface area contributed by atoms with Crippen molar-refractivity contribution in [2.45, 2.75) is 39.2 Å². The van der Waals surface area contributed by atoms with Crippen LogP contribution >= 0.6 is 11.3 Å². The fraction of sp³-hybridized carbons (Fsp3) is 0.500. The summed E-state index contributed by atoms with van der Waals surface area (Å²) in [5.74, 6) is 0.413. The van der Waals surface area contributed by atoms with E-state index in [4.69, 9.17) is 0 Å². The molecule has 0 spiro atoms. The first kappa shape index (κ1) is 14.0. The van der Waals surface area contributed by atoms with Crippen molar-refractivity contribution in [2.75, 3.05) is 6.54 Å². The Labute approximate surface area is 122 Å². The van der Waals surface area contributed by atoms with Crippen LogP contribution in [-0.4, -0.2) is 6.54 Å². The molecule has 1 aromatic carbocycles. The van der Waals surface area contributed by atoms with Crippen LogP contribution < -0.4 is 5.32 Å². The van der Waals surface area contributed by atoms with Gasteiger partial charge in [0.1, 0.15) is 11.6 Å². The van der Waals surface area contributed by atoms with E-state index in [1.54, 1.807) is 0 Å². The van der Waals surface area contributed by atoms with Crippen LogP contribution in [0.3, 0.4) is 0 Å². The van der Waals surface area contributed by atoms with Gasteiger partial charge < -0.3 is 5.32 Å². The highest BCUT2D eigenvalue weighted by molar-refractivity contribution is 7.19. The number of benzene rings is 1. The molecular formula is C16H19F2NS. The van der Waals surface area contributed by atoms with Gasteiger partial charge in [-0.15, -0.1) is 11.3 Å². The van der Waals surface area contributed by atoms with Gasteiger partial charge in [0, 0.05) is 16.8 Å². The van der Waals surface area contributed by atoms with Crippen molar-refractivity contribution in [3.8, 4) is 0 Å². The van der Waals surface area contributed by atoms with Gasteiger partial charge in [-0.1, -0.05) is 13.8 Å². The third-order valence-electron chi connectivity index (χ3n) is 3.68. The molecule has 20 heavy (non-hydrogen) atoms. The number of nitrogens with one attached hydrogen (secondary N) is 1. The van der Waals surface area contributed by atoms with E-state index in [9.17, 15) is 8.78 Å². The lowest BCUT2D eigenvalue weighted by atomic mass is 10.1. The molecule has 0 aliphatic heterocycles. The molecule has 1 N–H and O–H groups in total. The summed E-state index contributed by atoms with van der Waals surface area (Å²) in [6.45, 7) is 5.93. The number of hydrogen-bond donors (Lipinski definition) is 1.